The van der Waals surface area contributed by atoms with Crippen LogP contribution in [0.3, 0.4) is 0 Å². The molecule has 2 aliphatic rings. The normalized spacial score (nSPS) is 16.2. The van der Waals surface area contributed by atoms with Gasteiger partial charge in [0.2, 0.25) is 0 Å². The van der Waals surface area contributed by atoms with E-state index >= 15 is 0 Å². The number of carbonyl (C=O) groups is 1. The van der Waals surface area contributed by atoms with E-state index in [4.69, 9.17) is 14.2 Å². The summed E-state index contributed by atoms with van der Waals surface area (Å²) >= 11 is 0. The maximum absolute atomic E-state index is 12.2. The fourth-order valence-electron chi connectivity index (χ4n) is 5.66. The van der Waals surface area contributed by atoms with Gasteiger partial charge in [0.1, 0.15) is 36.2 Å². The zero-order valence-corrected chi connectivity index (χ0v) is 26.6. The zero-order valence-electron chi connectivity index (χ0n) is 26.6. The second kappa shape index (κ2) is 16.8. The number of esters is 1. The molecule has 0 unspecified atom stereocenters. The van der Waals surface area contributed by atoms with E-state index in [0.717, 1.165) is 39.3 Å². The lowest BCUT2D eigenvalue weighted by atomic mass is 10.1. The highest BCUT2D eigenvalue weighted by Crippen LogP contribution is 2.31. The predicted octanol–water partition coefficient (Wildman–Crippen LogP) is 6.12. The van der Waals surface area contributed by atoms with Crippen LogP contribution in [0.2, 0.25) is 0 Å². The first-order valence-corrected chi connectivity index (χ1v) is 16.2. The van der Waals surface area contributed by atoms with Crippen molar-refractivity contribution in [3.63, 3.8) is 0 Å². The molecule has 2 saturated heterocycles. The molecule has 3 aromatic carbocycles. The minimum absolute atomic E-state index is 0.0246. The first-order valence-electron chi connectivity index (χ1n) is 16.2. The van der Waals surface area contributed by atoms with Gasteiger partial charge in [-0.25, -0.2) is 4.79 Å². The van der Waals surface area contributed by atoms with Gasteiger partial charge < -0.3 is 24.4 Å². The van der Waals surface area contributed by atoms with Crippen LogP contribution in [0.25, 0.3) is 0 Å². The van der Waals surface area contributed by atoms with Crippen molar-refractivity contribution >= 4 is 29.8 Å². The average Bonchev–Trinajstić information content (AvgIpc) is 3.08. The fourth-order valence-corrected chi connectivity index (χ4v) is 5.66. The van der Waals surface area contributed by atoms with Gasteiger partial charge in [0.05, 0.1) is 24.0 Å². The Kier molecular flexibility index (Phi) is 12.0. The third-order valence-electron chi connectivity index (χ3n) is 8.34. The number of carbonyl (C=O) groups excluding carboxylic acids is 1. The van der Waals surface area contributed by atoms with Crippen molar-refractivity contribution in [1.29, 1.82) is 0 Å². The minimum Gasteiger partial charge on any atom is -0.507 e. The second-order valence-corrected chi connectivity index (χ2v) is 11.7. The summed E-state index contributed by atoms with van der Waals surface area (Å²) in [5, 5.41) is 21.3. The van der Waals surface area contributed by atoms with Crippen molar-refractivity contribution in [2.45, 2.75) is 38.5 Å². The molecular weight excluding hydrogens is 584 g/mol. The highest BCUT2D eigenvalue weighted by atomic mass is 16.5. The number of hydrogen-bond acceptors (Lipinski definition) is 10. The van der Waals surface area contributed by atoms with Gasteiger partial charge in [0, 0.05) is 48.8 Å². The number of methoxy groups -OCH3 is 1. The Morgan fingerprint density at radius 3 is 1.67 bits per heavy atom. The number of aromatic hydroxyl groups is 2. The van der Waals surface area contributed by atoms with Crippen molar-refractivity contribution in [3.8, 4) is 23.0 Å². The number of phenols is 2. The van der Waals surface area contributed by atoms with Crippen LogP contribution in [0, 0.1) is 0 Å². The van der Waals surface area contributed by atoms with Crippen molar-refractivity contribution < 1.29 is 29.2 Å². The van der Waals surface area contributed by atoms with E-state index in [2.05, 4.69) is 19.8 Å². The Bertz CT molecular complexity index is 1510. The molecule has 0 aromatic heterocycles. The molecule has 10 heteroatoms. The topological polar surface area (TPSA) is 116 Å². The summed E-state index contributed by atoms with van der Waals surface area (Å²) in [4.78, 5) is 26.1. The summed E-state index contributed by atoms with van der Waals surface area (Å²) in [5.41, 5.74) is 2.14. The van der Waals surface area contributed by atoms with E-state index < -0.39 is 5.97 Å². The Morgan fingerprint density at radius 2 is 1.20 bits per heavy atom. The number of rotatable bonds is 13. The number of likely N-dealkylation sites (tertiary alicyclic amines) is 2. The van der Waals surface area contributed by atoms with Crippen LogP contribution in [0.1, 0.15) is 60.0 Å². The third-order valence-corrected chi connectivity index (χ3v) is 8.34. The van der Waals surface area contributed by atoms with Gasteiger partial charge in [-0.3, -0.25) is 19.8 Å². The molecule has 2 heterocycles. The van der Waals surface area contributed by atoms with E-state index in [0.29, 0.717) is 52.8 Å². The van der Waals surface area contributed by atoms with Crippen LogP contribution >= 0.6 is 0 Å². The standard InChI is InChI=1S/C36H44N4O6/c1-44-36(43)27-10-13-32(37-25-28-8-11-30(23-34(28)41)45-20-18-39-14-4-2-5-15-39)33(22-27)38-26-29-9-12-31(24-35(29)42)46-21-19-40-16-6-3-7-17-40/h8-13,22-26,41-42H,2-7,14-21H2,1H3. The minimum atomic E-state index is -0.505. The first-order chi connectivity index (χ1) is 22.5. The highest BCUT2D eigenvalue weighted by Gasteiger charge is 2.13. The Hall–Kier alpha value is -4.41. The smallest absolute Gasteiger partial charge is 0.337 e. The molecular formula is C36H44N4O6. The van der Waals surface area contributed by atoms with Gasteiger partial charge in [-0.05, 0) is 94.3 Å². The quantitative estimate of drug-likeness (QED) is 0.172. The van der Waals surface area contributed by atoms with Crippen LogP contribution < -0.4 is 9.47 Å². The average molecular weight is 629 g/mol. The molecule has 46 heavy (non-hydrogen) atoms. The molecule has 2 aliphatic heterocycles. The molecule has 2 fully saturated rings. The number of hydrogen-bond donors (Lipinski definition) is 2. The van der Waals surface area contributed by atoms with Crippen LogP contribution in [0.5, 0.6) is 23.0 Å². The molecule has 0 atom stereocenters. The van der Waals surface area contributed by atoms with E-state index in [1.54, 1.807) is 54.6 Å². The molecule has 3 aromatic rings. The van der Waals surface area contributed by atoms with Gasteiger partial charge in [0.25, 0.3) is 0 Å². The largest absolute Gasteiger partial charge is 0.507 e. The maximum atomic E-state index is 12.2. The van der Waals surface area contributed by atoms with Crippen LogP contribution in [0.15, 0.2) is 64.6 Å². The lowest BCUT2D eigenvalue weighted by Gasteiger charge is -2.26. The molecule has 244 valence electrons. The zero-order chi connectivity index (χ0) is 32.1. The molecule has 0 saturated carbocycles. The Morgan fingerprint density at radius 1 is 0.696 bits per heavy atom. The van der Waals surface area contributed by atoms with Crippen molar-refractivity contribution in [2.75, 3.05) is 59.6 Å². The van der Waals surface area contributed by atoms with Crippen LogP contribution in [-0.2, 0) is 4.74 Å². The van der Waals surface area contributed by atoms with Gasteiger partial charge >= 0.3 is 5.97 Å². The van der Waals surface area contributed by atoms with Crippen LogP contribution in [0.4, 0.5) is 11.4 Å². The Labute approximate surface area is 271 Å². The first kappa shape index (κ1) is 33.0. The molecule has 0 spiro atoms. The van der Waals surface area contributed by atoms with E-state index in [9.17, 15) is 15.0 Å². The third kappa shape index (κ3) is 9.55. The molecule has 0 bridgehead atoms. The summed E-state index contributed by atoms with van der Waals surface area (Å²) < 4.78 is 16.6. The molecule has 0 radical (unpaired) electrons. The number of phenolic OH excluding ortho intramolecular Hbond substituents is 2. The lowest BCUT2D eigenvalue weighted by Crippen LogP contribution is -2.33. The summed E-state index contributed by atoms with van der Waals surface area (Å²) in [6, 6.07) is 15.1. The molecule has 0 aliphatic carbocycles. The number of aliphatic imine (C=N–C) groups is 2. The van der Waals surface area contributed by atoms with Gasteiger partial charge in [-0.15, -0.1) is 0 Å². The summed E-state index contributed by atoms with van der Waals surface area (Å²) in [6.45, 7) is 7.27. The number of benzene rings is 3. The monoisotopic (exact) mass is 628 g/mol. The molecule has 2 N–H and O–H groups in total. The maximum Gasteiger partial charge on any atom is 0.337 e. The van der Waals surface area contributed by atoms with Gasteiger partial charge in [-0.1, -0.05) is 12.8 Å². The summed E-state index contributed by atoms with van der Waals surface area (Å²) in [5.74, 6) is 0.741. The number of piperidine rings is 2. The summed E-state index contributed by atoms with van der Waals surface area (Å²) in [6.07, 6.45) is 10.6. The molecule has 5 rings (SSSR count). The second-order valence-electron chi connectivity index (χ2n) is 11.7. The van der Waals surface area contributed by atoms with Gasteiger partial charge in [0.15, 0.2) is 0 Å². The van der Waals surface area contributed by atoms with E-state index in [1.807, 2.05) is 0 Å². The SMILES string of the molecule is COC(=O)c1ccc(N=Cc2ccc(OCCN3CCCCC3)cc2O)c(N=Cc2ccc(OCCN3CCCCC3)cc2O)c1. The Balaban J connectivity index is 1.24. The summed E-state index contributed by atoms with van der Waals surface area (Å²) in [7, 11) is 1.31. The van der Waals surface area contributed by atoms with E-state index in [-0.39, 0.29) is 11.5 Å². The number of nitrogens with zero attached hydrogens (tertiary/aromatic N) is 4. The fraction of sp³-hybridized carbons (Fsp3) is 0.417. The molecule has 0 amide bonds. The lowest BCUT2D eigenvalue weighted by molar-refractivity contribution is 0.0600. The van der Waals surface area contributed by atoms with Crippen molar-refractivity contribution in [2.24, 2.45) is 9.98 Å². The van der Waals surface area contributed by atoms with Crippen molar-refractivity contribution in [1.82, 2.24) is 9.80 Å². The van der Waals surface area contributed by atoms with Gasteiger partial charge in [-0.2, -0.15) is 0 Å². The van der Waals surface area contributed by atoms with E-state index in [1.165, 1.54) is 58.1 Å². The highest BCUT2D eigenvalue weighted by molar-refractivity contribution is 5.94. The predicted molar refractivity (Wildman–Crippen MR) is 180 cm³/mol. The molecule has 10 nitrogen and oxygen atoms in total. The number of ether oxygens (including phenoxy) is 3. The van der Waals surface area contributed by atoms with Crippen molar-refractivity contribution in [3.05, 3.63) is 71.3 Å². The van der Waals surface area contributed by atoms with Crippen LogP contribution in [-0.4, -0.2) is 98.0 Å².